The lowest BCUT2D eigenvalue weighted by molar-refractivity contribution is -0.154. The van der Waals surface area contributed by atoms with Crippen LogP contribution in [0.1, 0.15) is 50.5 Å². The van der Waals surface area contributed by atoms with Gasteiger partial charge in [0, 0.05) is 12.5 Å². The quantitative estimate of drug-likeness (QED) is 0.632. The molecule has 1 saturated heterocycles. The molecule has 0 radical (unpaired) electrons. The Bertz CT molecular complexity index is 712. The number of carbonyl (C=O) groups excluding carboxylic acids is 3. The first-order valence-corrected chi connectivity index (χ1v) is 11.0. The van der Waals surface area contributed by atoms with Crippen LogP contribution in [0.2, 0.25) is 0 Å². The van der Waals surface area contributed by atoms with Gasteiger partial charge in [-0.15, -0.1) is 0 Å². The number of carbonyl (C=O) groups is 3. The number of hydrogen-bond acceptors (Lipinski definition) is 5. The van der Waals surface area contributed by atoms with Crippen molar-refractivity contribution in [2.45, 2.75) is 69.5 Å². The molecule has 0 spiro atoms. The Morgan fingerprint density at radius 2 is 1.83 bits per heavy atom. The lowest BCUT2D eigenvalue weighted by Gasteiger charge is -2.32. The highest BCUT2D eigenvalue weighted by Crippen LogP contribution is 2.19. The summed E-state index contributed by atoms with van der Waals surface area (Å²) in [6.45, 7) is 0.625. The molecule has 7 nitrogen and oxygen atoms in total. The molecule has 1 aliphatic carbocycles. The molecule has 1 aromatic rings. The Labute approximate surface area is 178 Å². The van der Waals surface area contributed by atoms with Crippen LogP contribution in [-0.2, 0) is 25.5 Å². The summed E-state index contributed by atoms with van der Waals surface area (Å²) in [6.07, 6.45) is 7.27. The van der Waals surface area contributed by atoms with Gasteiger partial charge in [0.15, 0.2) is 0 Å². The fraction of sp³-hybridized carbons (Fsp3) is 0.609. The Hall–Kier alpha value is -2.41. The van der Waals surface area contributed by atoms with E-state index in [0.29, 0.717) is 12.8 Å². The predicted molar refractivity (Wildman–Crippen MR) is 114 cm³/mol. The fourth-order valence-electron chi connectivity index (χ4n) is 4.41. The van der Waals surface area contributed by atoms with Crippen molar-refractivity contribution in [1.82, 2.24) is 15.5 Å². The summed E-state index contributed by atoms with van der Waals surface area (Å²) in [7, 11) is 1.32. The Morgan fingerprint density at radius 1 is 1.10 bits per heavy atom. The molecule has 1 aliphatic heterocycles. The number of rotatable bonds is 8. The molecule has 30 heavy (non-hydrogen) atoms. The molecule has 2 fully saturated rings. The zero-order valence-corrected chi connectivity index (χ0v) is 17.8. The van der Waals surface area contributed by atoms with Gasteiger partial charge in [-0.2, -0.15) is 0 Å². The maximum atomic E-state index is 13.3. The SMILES string of the molecule is COC(=O)[C@H](Cc1ccccc1)N(CC(=O)NC1CCCCC1)C(=O)[C@@H]1CCCN1. The minimum absolute atomic E-state index is 0.139. The first-order chi connectivity index (χ1) is 14.6. The van der Waals surface area contributed by atoms with E-state index in [1.807, 2.05) is 30.3 Å². The van der Waals surface area contributed by atoms with Crippen LogP contribution in [0.5, 0.6) is 0 Å². The van der Waals surface area contributed by atoms with E-state index in [-0.39, 0.29) is 30.4 Å². The lowest BCUT2D eigenvalue weighted by Crippen LogP contribution is -2.56. The van der Waals surface area contributed by atoms with E-state index in [2.05, 4.69) is 10.6 Å². The van der Waals surface area contributed by atoms with Crippen molar-refractivity contribution in [3.8, 4) is 0 Å². The van der Waals surface area contributed by atoms with Crippen LogP contribution < -0.4 is 10.6 Å². The number of hydrogen-bond donors (Lipinski definition) is 2. The van der Waals surface area contributed by atoms with Gasteiger partial charge in [0.1, 0.15) is 12.6 Å². The second kappa shape index (κ2) is 11.1. The van der Waals surface area contributed by atoms with E-state index in [1.54, 1.807) is 0 Å². The van der Waals surface area contributed by atoms with Gasteiger partial charge in [0.25, 0.3) is 0 Å². The molecular weight excluding hydrogens is 382 g/mol. The Balaban J connectivity index is 1.78. The molecule has 0 bridgehead atoms. The van der Waals surface area contributed by atoms with Crippen molar-refractivity contribution >= 4 is 17.8 Å². The van der Waals surface area contributed by atoms with Gasteiger partial charge in [0.2, 0.25) is 11.8 Å². The average Bonchev–Trinajstić information content (AvgIpc) is 3.31. The van der Waals surface area contributed by atoms with Crippen molar-refractivity contribution in [1.29, 1.82) is 0 Å². The van der Waals surface area contributed by atoms with Gasteiger partial charge in [-0.05, 0) is 37.8 Å². The summed E-state index contributed by atoms with van der Waals surface area (Å²) in [6, 6.07) is 8.45. The number of ether oxygens (including phenoxy) is 1. The van der Waals surface area contributed by atoms with Gasteiger partial charge in [-0.25, -0.2) is 4.79 Å². The number of amides is 2. The highest BCUT2D eigenvalue weighted by Gasteiger charge is 2.37. The minimum Gasteiger partial charge on any atom is -0.467 e. The molecule has 0 unspecified atom stereocenters. The zero-order valence-electron chi connectivity index (χ0n) is 17.8. The summed E-state index contributed by atoms with van der Waals surface area (Å²) in [5.74, 6) is -0.927. The molecule has 2 aliphatic rings. The standard InChI is InChI=1S/C23H33N3O4/c1-30-23(29)20(15-17-9-4-2-5-10-17)26(22(28)19-13-8-14-24-19)16-21(27)25-18-11-6-3-7-12-18/h2,4-5,9-10,18-20,24H,3,6-8,11-16H2,1H3,(H,25,27)/t19-,20-/m0/s1. The van der Waals surface area contributed by atoms with Gasteiger partial charge < -0.3 is 20.3 Å². The summed E-state index contributed by atoms with van der Waals surface area (Å²) >= 11 is 0. The second-order valence-corrected chi connectivity index (χ2v) is 8.25. The van der Waals surface area contributed by atoms with Gasteiger partial charge in [-0.3, -0.25) is 9.59 Å². The topological polar surface area (TPSA) is 87.7 Å². The minimum atomic E-state index is -0.843. The van der Waals surface area contributed by atoms with E-state index >= 15 is 0 Å². The van der Waals surface area contributed by atoms with Crippen LogP contribution in [-0.4, -0.2) is 61.0 Å². The summed E-state index contributed by atoms with van der Waals surface area (Å²) in [5.41, 5.74) is 0.915. The second-order valence-electron chi connectivity index (χ2n) is 8.25. The number of benzene rings is 1. The average molecular weight is 416 g/mol. The number of nitrogens with one attached hydrogen (secondary N) is 2. The predicted octanol–water partition coefficient (Wildman–Crippen LogP) is 1.80. The third-order valence-corrected chi connectivity index (χ3v) is 6.05. The molecule has 2 amide bonds. The fourth-order valence-corrected chi connectivity index (χ4v) is 4.41. The summed E-state index contributed by atoms with van der Waals surface area (Å²) in [5, 5.41) is 6.26. The van der Waals surface area contributed by atoms with Crippen molar-refractivity contribution in [3.05, 3.63) is 35.9 Å². The Morgan fingerprint density at radius 3 is 2.47 bits per heavy atom. The number of esters is 1. The van der Waals surface area contributed by atoms with Crippen LogP contribution in [0.4, 0.5) is 0 Å². The van der Waals surface area contributed by atoms with Crippen molar-refractivity contribution in [2.75, 3.05) is 20.2 Å². The van der Waals surface area contributed by atoms with E-state index < -0.39 is 12.0 Å². The van der Waals surface area contributed by atoms with Gasteiger partial charge in [-0.1, -0.05) is 49.6 Å². The maximum absolute atomic E-state index is 13.3. The van der Waals surface area contributed by atoms with Crippen molar-refractivity contribution < 1.29 is 19.1 Å². The molecule has 0 aromatic heterocycles. The highest BCUT2D eigenvalue weighted by molar-refractivity contribution is 5.92. The van der Waals surface area contributed by atoms with E-state index in [9.17, 15) is 14.4 Å². The number of methoxy groups -OCH3 is 1. The van der Waals surface area contributed by atoms with Crippen LogP contribution in [0.3, 0.4) is 0 Å². The molecule has 2 N–H and O–H groups in total. The zero-order chi connectivity index (χ0) is 21.3. The summed E-state index contributed by atoms with van der Waals surface area (Å²) in [4.78, 5) is 40.2. The smallest absolute Gasteiger partial charge is 0.328 e. The molecule has 3 rings (SSSR count). The highest BCUT2D eigenvalue weighted by atomic mass is 16.5. The molecule has 164 valence electrons. The van der Waals surface area contributed by atoms with Crippen LogP contribution in [0.25, 0.3) is 0 Å². The largest absolute Gasteiger partial charge is 0.467 e. The Kier molecular flexibility index (Phi) is 8.25. The summed E-state index contributed by atoms with van der Waals surface area (Å²) < 4.78 is 5.02. The number of nitrogens with zero attached hydrogens (tertiary/aromatic N) is 1. The molecule has 2 atom stereocenters. The third kappa shape index (κ3) is 6.05. The van der Waals surface area contributed by atoms with E-state index in [4.69, 9.17) is 4.74 Å². The first-order valence-electron chi connectivity index (χ1n) is 11.0. The van der Waals surface area contributed by atoms with E-state index in [0.717, 1.165) is 44.2 Å². The monoisotopic (exact) mass is 415 g/mol. The molecule has 7 heteroatoms. The van der Waals surface area contributed by atoms with E-state index in [1.165, 1.54) is 18.4 Å². The van der Waals surface area contributed by atoms with Gasteiger partial charge >= 0.3 is 5.97 Å². The molecule has 1 aromatic carbocycles. The van der Waals surface area contributed by atoms with Crippen molar-refractivity contribution in [2.24, 2.45) is 0 Å². The van der Waals surface area contributed by atoms with Gasteiger partial charge in [0.05, 0.1) is 13.2 Å². The van der Waals surface area contributed by atoms with Crippen LogP contribution >= 0.6 is 0 Å². The lowest BCUT2D eigenvalue weighted by atomic mass is 9.95. The molecular formula is C23H33N3O4. The molecule has 1 saturated carbocycles. The van der Waals surface area contributed by atoms with Crippen LogP contribution in [0, 0.1) is 0 Å². The normalized spacial score (nSPS) is 20.4. The van der Waals surface area contributed by atoms with Crippen molar-refractivity contribution in [3.63, 3.8) is 0 Å². The third-order valence-electron chi connectivity index (χ3n) is 6.05. The first kappa shape index (κ1) is 22.3. The maximum Gasteiger partial charge on any atom is 0.328 e. The van der Waals surface area contributed by atoms with Crippen LogP contribution in [0.15, 0.2) is 30.3 Å². The molecule has 1 heterocycles.